The van der Waals surface area contributed by atoms with Gasteiger partial charge in [-0.1, -0.05) is 19.4 Å². The van der Waals surface area contributed by atoms with Crippen LogP contribution in [0, 0.1) is 16.7 Å². The summed E-state index contributed by atoms with van der Waals surface area (Å²) in [5.41, 5.74) is 1.61. The predicted octanol–water partition coefficient (Wildman–Crippen LogP) is 3.50. The molecule has 3 atom stereocenters. The Labute approximate surface area is 119 Å². The number of carbonyl (C=O) groups is 2. The zero-order valence-electron chi connectivity index (χ0n) is 12.2. The van der Waals surface area contributed by atoms with Crippen molar-refractivity contribution in [2.75, 3.05) is 0 Å². The van der Waals surface area contributed by atoms with Crippen LogP contribution in [0.25, 0.3) is 0 Å². The lowest BCUT2D eigenvalue weighted by molar-refractivity contribution is -0.158. The Balaban J connectivity index is 2.11. The maximum absolute atomic E-state index is 11.8. The molecule has 1 N–H and O–H groups in total. The van der Waals surface area contributed by atoms with E-state index < -0.39 is 11.4 Å². The Morgan fingerprint density at radius 1 is 1.30 bits per heavy atom. The summed E-state index contributed by atoms with van der Waals surface area (Å²) in [5.74, 6) is -0.392. The highest BCUT2D eigenvalue weighted by atomic mass is 16.4. The van der Waals surface area contributed by atoms with E-state index in [2.05, 4.69) is 13.0 Å². The van der Waals surface area contributed by atoms with E-state index in [4.69, 9.17) is 0 Å². The van der Waals surface area contributed by atoms with E-state index in [-0.39, 0.29) is 17.1 Å². The van der Waals surface area contributed by atoms with Crippen LogP contribution >= 0.6 is 0 Å². The second kappa shape index (κ2) is 4.31. The van der Waals surface area contributed by atoms with Gasteiger partial charge in [0.05, 0.1) is 5.41 Å². The number of rotatable bonds is 1. The van der Waals surface area contributed by atoms with Gasteiger partial charge in [0.25, 0.3) is 0 Å². The van der Waals surface area contributed by atoms with E-state index in [0.29, 0.717) is 6.42 Å². The molecular formula is C17H22O3. The minimum Gasteiger partial charge on any atom is -0.481 e. The molecule has 3 heteroatoms. The van der Waals surface area contributed by atoms with Crippen molar-refractivity contribution in [2.24, 2.45) is 16.7 Å². The van der Waals surface area contributed by atoms with Crippen LogP contribution in [-0.4, -0.2) is 16.9 Å². The van der Waals surface area contributed by atoms with Gasteiger partial charge in [-0.25, -0.2) is 0 Å². The van der Waals surface area contributed by atoms with Crippen LogP contribution in [0.5, 0.6) is 0 Å². The number of hydrogen-bond acceptors (Lipinski definition) is 2. The number of hydrogen-bond donors (Lipinski definition) is 1. The smallest absolute Gasteiger partial charge is 0.309 e. The van der Waals surface area contributed by atoms with Crippen molar-refractivity contribution in [3.05, 3.63) is 23.3 Å². The largest absolute Gasteiger partial charge is 0.481 e. The molecule has 0 aromatic carbocycles. The van der Waals surface area contributed by atoms with E-state index in [0.717, 1.165) is 37.7 Å². The summed E-state index contributed by atoms with van der Waals surface area (Å²) < 4.78 is 0. The van der Waals surface area contributed by atoms with Crippen molar-refractivity contribution in [3.8, 4) is 0 Å². The molecule has 0 aliphatic heterocycles. The Bertz CT molecular complexity index is 542. The molecule has 1 saturated carbocycles. The monoisotopic (exact) mass is 274 g/mol. The van der Waals surface area contributed by atoms with Gasteiger partial charge in [0.1, 0.15) is 0 Å². The van der Waals surface area contributed by atoms with Gasteiger partial charge in [-0.15, -0.1) is 0 Å². The lowest BCUT2D eigenvalue weighted by atomic mass is 9.49. The van der Waals surface area contributed by atoms with Crippen LogP contribution in [0.15, 0.2) is 23.3 Å². The zero-order valence-corrected chi connectivity index (χ0v) is 12.2. The molecule has 1 fully saturated rings. The van der Waals surface area contributed by atoms with Gasteiger partial charge in [0.2, 0.25) is 0 Å². The molecule has 0 bridgehead atoms. The topological polar surface area (TPSA) is 54.4 Å². The van der Waals surface area contributed by atoms with Crippen molar-refractivity contribution in [1.29, 1.82) is 0 Å². The lowest BCUT2D eigenvalue weighted by Crippen LogP contribution is -2.50. The van der Waals surface area contributed by atoms with Crippen molar-refractivity contribution in [3.63, 3.8) is 0 Å². The SMILES string of the molecule is C[C@@]1(C(=O)O)CCC[C@@]2(C)C3=CC(=O)CCC3=CC[C@@H]12. The molecule has 0 unspecified atom stereocenters. The first-order chi connectivity index (χ1) is 9.38. The van der Waals surface area contributed by atoms with Crippen molar-refractivity contribution >= 4 is 11.8 Å². The van der Waals surface area contributed by atoms with Crippen molar-refractivity contribution in [2.45, 2.75) is 52.4 Å². The minimum atomic E-state index is -0.687. The Morgan fingerprint density at radius 3 is 2.75 bits per heavy atom. The first-order valence-corrected chi connectivity index (χ1v) is 7.56. The predicted molar refractivity (Wildman–Crippen MR) is 76.2 cm³/mol. The van der Waals surface area contributed by atoms with E-state index >= 15 is 0 Å². The van der Waals surface area contributed by atoms with E-state index in [1.54, 1.807) is 6.08 Å². The second-order valence-corrected chi connectivity index (χ2v) is 7.04. The standard InChI is InChI=1S/C17H22O3/c1-16-8-3-9-17(2,15(19)20)14(16)7-5-11-4-6-12(18)10-13(11)16/h5,10,14H,3-4,6-9H2,1-2H3,(H,19,20)/t14-,16+,17-/m1/s1. The number of aliphatic carboxylic acids is 1. The number of carboxylic acid groups (broad SMARTS) is 1. The summed E-state index contributed by atoms with van der Waals surface area (Å²) in [5, 5.41) is 9.69. The summed E-state index contributed by atoms with van der Waals surface area (Å²) >= 11 is 0. The number of carbonyl (C=O) groups excluding carboxylic acids is 1. The molecule has 3 aliphatic rings. The average Bonchev–Trinajstić information content (AvgIpc) is 2.39. The first kappa shape index (κ1) is 13.6. The third kappa shape index (κ3) is 1.72. The van der Waals surface area contributed by atoms with Gasteiger partial charge in [0.15, 0.2) is 5.78 Å². The molecule has 20 heavy (non-hydrogen) atoms. The van der Waals surface area contributed by atoms with Crippen LogP contribution in [0.2, 0.25) is 0 Å². The third-order valence-electron chi connectivity index (χ3n) is 5.93. The van der Waals surface area contributed by atoms with Gasteiger partial charge in [-0.05, 0) is 61.2 Å². The van der Waals surface area contributed by atoms with E-state index in [9.17, 15) is 14.7 Å². The zero-order chi connectivity index (χ0) is 14.5. The molecule has 3 rings (SSSR count). The molecule has 108 valence electrons. The molecule has 0 spiro atoms. The highest BCUT2D eigenvalue weighted by Gasteiger charge is 2.55. The summed E-state index contributed by atoms with van der Waals surface area (Å²) in [4.78, 5) is 23.6. The third-order valence-corrected chi connectivity index (χ3v) is 5.93. The fourth-order valence-electron chi connectivity index (χ4n) is 4.70. The van der Waals surface area contributed by atoms with Gasteiger partial charge in [-0.2, -0.15) is 0 Å². The van der Waals surface area contributed by atoms with Crippen molar-refractivity contribution in [1.82, 2.24) is 0 Å². The molecule has 3 nitrogen and oxygen atoms in total. The number of ketones is 1. The maximum atomic E-state index is 11.8. The van der Waals surface area contributed by atoms with Crippen LogP contribution in [0.3, 0.4) is 0 Å². The van der Waals surface area contributed by atoms with E-state index in [1.165, 1.54) is 5.57 Å². The summed E-state index contributed by atoms with van der Waals surface area (Å²) in [7, 11) is 0. The molecule has 0 heterocycles. The maximum Gasteiger partial charge on any atom is 0.309 e. The van der Waals surface area contributed by atoms with Gasteiger partial charge in [0, 0.05) is 6.42 Å². The quantitative estimate of drug-likeness (QED) is 0.796. The number of allylic oxidation sites excluding steroid dienone is 4. The number of carboxylic acids is 1. The van der Waals surface area contributed by atoms with E-state index in [1.807, 2.05) is 6.92 Å². The molecular weight excluding hydrogens is 252 g/mol. The van der Waals surface area contributed by atoms with Crippen LogP contribution < -0.4 is 0 Å². The highest BCUT2D eigenvalue weighted by molar-refractivity contribution is 5.93. The average molecular weight is 274 g/mol. The fourth-order valence-corrected chi connectivity index (χ4v) is 4.70. The van der Waals surface area contributed by atoms with Gasteiger partial charge >= 0.3 is 5.97 Å². The summed E-state index contributed by atoms with van der Waals surface area (Å²) in [6, 6.07) is 0. The highest BCUT2D eigenvalue weighted by Crippen LogP contribution is 2.60. The first-order valence-electron chi connectivity index (χ1n) is 7.56. The number of fused-ring (bicyclic) bond motifs is 3. The fraction of sp³-hybridized carbons (Fsp3) is 0.647. The second-order valence-electron chi connectivity index (χ2n) is 7.04. The molecule has 0 aromatic heterocycles. The summed E-state index contributed by atoms with van der Waals surface area (Å²) in [6.07, 6.45) is 8.92. The Morgan fingerprint density at radius 2 is 2.05 bits per heavy atom. The van der Waals surface area contributed by atoms with Gasteiger partial charge < -0.3 is 5.11 Å². The molecule has 0 saturated heterocycles. The Kier molecular flexibility index (Phi) is 2.93. The summed E-state index contributed by atoms with van der Waals surface area (Å²) in [6.45, 7) is 4.07. The molecule has 0 amide bonds. The molecule has 0 aromatic rings. The minimum absolute atomic E-state index is 0.0992. The normalized spacial score (nSPS) is 40.3. The molecule has 0 radical (unpaired) electrons. The van der Waals surface area contributed by atoms with Gasteiger partial charge in [-0.3, -0.25) is 9.59 Å². The molecule has 3 aliphatic carbocycles. The Hall–Kier alpha value is -1.38. The van der Waals surface area contributed by atoms with Crippen LogP contribution in [0.4, 0.5) is 0 Å². The van der Waals surface area contributed by atoms with Crippen molar-refractivity contribution < 1.29 is 14.7 Å². The van der Waals surface area contributed by atoms with Crippen LogP contribution in [0.1, 0.15) is 52.4 Å². The van der Waals surface area contributed by atoms with Crippen LogP contribution in [-0.2, 0) is 9.59 Å². The lowest BCUT2D eigenvalue weighted by Gasteiger charge is -2.54.